The molecular formula is C20H23FN2O3S. The van der Waals surface area contributed by atoms with Crippen molar-refractivity contribution >= 4 is 15.9 Å². The molecule has 1 aliphatic heterocycles. The second-order valence-electron chi connectivity index (χ2n) is 6.60. The third-order valence-electron chi connectivity index (χ3n) is 4.70. The second kappa shape index (κ2) is 8.19. The van der Waals surface area contributed by atoms with Crippen LogP contribution in [0.3, 0.4) is 0 Å². The van der Waals surface area contributed by atoms with Crippen LogP contribution in [0.25, 0.3) is 0 Å². The molecule has 1 fully saturated rings. The highest BCUT2D eigenvalue weighted by molar-refractivity contribution is 7.89. The van der Waals surface area contributed by atoms with Gasteiger partial charge in [-0.2, -0.15) is 4.31 Å². The lowest BCUT2D eigenvalue weighted by molar-refractivity contribution is 0.0697. The van der Waals surface area contributed by atoms with E-state index in [9.17, 15) is 17.6 Å². The van der Waals surface area contributed by atoms with Crippen molar-refractivity contribution in [1.29, 1.82) is 0 Å². The minimum Gasteiger partial charge on any atom is -0.336 e. The predicted octanol–water partition coefficient (Wildman–Crippen LogP) is 2.92. The lowest BCUT2D eigenvalue weighted by atomic mass is 10.1. The fourth-order valence-corrected chi connectivity index (χ4v) is 4.62. The molecule has 0 unspecified atom stereocenters. The van der Waals surface area contributed by atoms with Gasteiger partial charge < -0.3 is 4.90 Å². The molecule has 0 aliphatic carbocycles. The van der Waals surface area contributed by atoms with Crippen molar-refractivity contribution in [3.8, 4) is 0 Å². The molecule has 0 aromatic heterocycles. The maximum absolute atomic E-state index is 13.3. The van der Waals surface area contributed by atoms with E-state index in [0.29, 0.717) is 0 Å². The van der Waals surface area contributed by atoms with E-state index in [1.807, 2.05) is 12.1 Å². The van der Waals surface area contributed by atoms with Crippen LogP contribution in [0.4, 0.5) is 4.39 Å². The maximum Gasteiger partial charge on any atom is 0.254 e. The molecule has 1 amide bonds. The number of carbonyl (C=O) groups is 1. The summed E-state index contributed by atoms with van der Waals surface area (Å²) in [5.74, 6) is -0.746. The average molecular weight is 390 g/mol. The van der Waals surface area contributed by atoms with Gasteiger partial charge in [-0.05, 0) is 42.3 Å². The molecule has 1 aliphatic rings. The van der Waals surface area contributed by atoms with Gasteiger partial charge in [0.05, 0.1) is 4.90 Å². The molecular weight excluding hydrogens is 367 g/mol. The van der Waals surface area contributed by atoms with Gasteiger partial charge in [0.25, 0.3) is 5.91 Å². The predicted molar refractivity (Wildman–Crippen MR) is 101 cm³/mol. The topological polar surface area (TPSA) is 57.7 Å². The molecule has 3 rings (SSSR count). The molecule has 1 saturated heterocycles. The van der Waals surface area contributed by atoms with Crippen LogP contribution < -0.4 is 0 Å². The third kappa shape index (κ3) is 4.36. The number of hydrogen-bond acceptors (Lipinski definition) is 3. The summed E-state index contributed by atoms with van der Waals surface area (Å²) >= 11 is 0. The SMILES string of the molecule is CCCc1ccc(S(=O)(=O)N2CCN(C(=O)c3cccc(F)c3)CC2)cc1. The van der Waals surface area contributed by atoms with Crippen LogP contribution in [0.2, 0.25) is 0 Å². The number of aryl methyl sites for hydroxylation is 1. The van der Waals surface area contributed by atoms with Crippen LogP contribution in [0, 0.1) is 5.82 Å². The summed E-state index contributed by atoms with van der Waals surface area (Å²) in [6.45, 7) is 3.08. The Balaban J connectivity index is 1.66. The minimum atomic E-state index is -3.58. The van der Waals surface area contributed by atoms with Gasteiger partial charge in [-0.3, -0.25) is 4.79 Å². The lowest BCUT2D eigenvalue weighted by Crippen LogP contribution is -2.50. The number of sulfonamides is 1. The van der Waals surface area contributed by atoms with Gasteiger partial charge >= 0.3 is 0 Å². The summed E-state index contributed by atoms with van der Waals surface area (Å²) in [5.41, 5.74) is 1.39. The quantitative estimate of drug-likeness (QED) is 0.789. The highest BCUT2D eigenvalue weighted by Gasteiger charge is 2.30. The van der Waals surface area contributed by atoms with Gasteiger partial charge in [0.15, 0.2) is 0 Å². The largest absolute Gasteiger partial charge is 0.336 e. The van der Waals surface area contributed by atoms with E-state index in [0.717, 1.165) is 18.4 Å². The first-order chi connectivity index (χ1) is 12.9. The lowest BCUT2D eigenvalue weighted by Gasteiger charge is -2.34. The highest BCUT2D eigenvalue weighted by atomic mass is 32.2. The van der Waals surface area contributed by atoms with E-state index in [1.165, 1.54) is 22.5 Å². The highest BCUT2D eigenvalue weighted by Crippen LogP contribution is 2.19. The molecule has 0 bridgehead atoms. The van der Waals surface area contributed by atoms with Crippen molar-refractivity contribution in [2.75, 3.05) is 26.2 Å². The molecule has 1 heterocycles. The summed E-state index contributed by atoms with van der Waals surface area (Å²) in [7, 11) is -3.58. The first kappa shape index (κ1) is 19.5. The average Bonchev–Trinajstić information content (AvgIpc) is 2.68. The normalized spacial score (nSPS) is 15.7. The smallest absolute Gasteiger partial charge is 0.254 e. The van der Waals surface area contributed by atoms with E-state index >= 15 is 0 Å². The van der Waals surface area contributed by atoms with Crippen molar-refractivity contribution < 1.29 is 17.6 Å². The first-order valence-corrected chi connectivity index (χ1v) is 10.5. The van der Waals surface area contributed by atoms with Crippen LogP contribution in [0.5, 0.6) is 0 Å². The number of rotatable bonds is 5. The van der Waals surface area contributed by atoms with Crippen LogP contribution in [-0.4, -0.2) is 49.7 Å². The van der Waals surface area contributed by atoms with Gasteiger partial charge in [-0.25, -0.2) is 12.8 Å². The standard InChI is InChI=1S/C20H23FN2O3S/c1-2-4-16-7-9-19(10-8-16)27(25,26)23-13-11-22(12-14-23)20(24)17-5-3-6-18(21)15-17/h3,5-10,15H,2,4,11-14H2,1H3. The Bertz CT molecular complexity index is 905. The summed E-state index contributed by atoms with van der Waals surface area (Å²) in [4.78, 5) is 14.3. The molecule has 7 heteroatoms. The Morgan fingerprint density at radius 2 is 1.70 bits per heavy atom. The second-order valence-corrected chi connectivity index (χ2v) is 8.54. The molecule has 0 spiro atoms. The van der Waals surface area contributed by atoms with E-state index < -0.39 is 15.8 Å². The van der Waals surface area contributed by atoms with Crippen molar-refractivity contribution in [3.63, 3.8) is 0 Å². The fraction of sp³-hybridized carbons (Fsp3) is 0.350. The number of amides is 1. The van der Waals surface area contributed by atoms with E-state index in [1.54, 1.807) is 23.1 Å². The molecule has 144 valence electrons. The molecule has 27 heavy (non-hydrogen) atoms. The van der Waals surface area contributed by atoms with E-state index in [2.05, 4.69) is 6.92 Å². The Morgan fingerprint density at radius 1 is 1.04 bits per heavy atom. The summed E-state index contributed by atoms with van der Waals surface area (Å²) in [5, 5.41) is 0. The molecule has 5 nitrogen and oxygen atoms in total. The molecule has 2 aromatic carbocycles. The van der Waals surface area contributed by atoms with Crippen LogP contribution in [-0.2, 0) is 16.4 Å². The zero-order chi connectivity index (χ0) is 19.4. The van der Waals surface area contributed by atoms with Crippen molar-refractivity contribution in [3.05, 3.63) is 65.5 Å². The van der Waals surface area contributed by atoms with Crippen molar-refractivity contribution in [2.45, 2.75) is 24.7 Å². The summed E-state index contributed by atoms with van der Waals surface area (Å²) in [6, 6.07) is 12.5. The third-order valence-corrected chi connectivity index (χ3v) is 6.61. The van der Waals surface area contributed by atoms with Crippen molar-refractivity contribution in [2.24, 2.45) is 0 Å². The molecule has 0 N–H and O–H groups in total. The monoisotopic (exact) mass is 390 g/mol. The van der Waals surface area contributed by atoms with Crippen LogP contribution >= 0.6 is 0 Å². The zero-order valence-corrected chi connectivity index (χ0v) is 16.1. The van der Waals surface area contributed by atoms with Crippen LogP contribution in [0.15, 0.2) is 53.4 Å². The van der Waals surface area contributed by atoms with Gasteiger partial charge in [-0.1, -0.05) is 31.5 Å². The maximum atomic E-state index is 13.3. The van der Waals surface area contributed by atoms with Crippen molar-refractivity contribution in [1.82, 2.24) is 9.21 Å². The summed E-state index contributed by atoms with van der Waals surface area (Å²) in [6.07, 6.45) is 1.93. The summed E-state index contributed by atoms with van der Waals surface area (Å²) < 4.78 is 40.4. The van der Waals surface area contributed by atoms with Gasteiger partial charge in [0, 0.05) is 31.7 Å². The molecule has 0 radical (unpaired) electrons. The molecule has 0 atom stereocenters. The van der Waals surface area contributed by atoms with E-state index in [4.69, 9.17) is 0 Å². The number of hydrogen-bond donors (Lipinski definition) is 0. The Hall–Kier alpha value is -2.25. The fourth-order valence-electron chi connectivity index (χ4n) is 3.20. The number of benzene rings is 2. The zero-order valence-electron chi connectivity index (χ0n) is 15.3. The number of halogens is 1. The molecule has 0 saturated carbocycles. The van der Waals surface area contributed by atoms with E-state index in [-0.39, 0.29) is 42.5 Å². The van der Waals surface area contributed by atoms with Gasteiger partial charge in [0.2, 0.25) is 10.0 Å². The number of piperazine rings is 1. The first-order valence-electron chi connectivity index (χ1n) is 9.06. The Morgan fingerprint density at radius 3 is 2.30 bits per heavy atom. The number of nitrogens with zero attached hydrogens (tertiary/aromatic N) is 2. The molecule has 2 aromatic rings. The Kier molecular flexibility index (Phi) is 5.92. The number of carbonyl (C=O) groups excluding carboxylic acids is 1. The van der Waals surface area contributed by atoms with Gasteiger partial charge in [-0.15, -0.1) is 0 Å². The van der Waals surface area contributed by atoms with Gasteiger partial charge in [0.1, 0.15) is 5.82 Å². The Labute approximate surface area is 159 Å². The van der Waals surface area contributed by atoms with Crippen LogP contribution in [0.1, 0.15) is 29.3 Å². The minimum absolute atomic E-state index is 0.222.